The van der Waals surface area contributed by atoms with Crippen LogP contribution in [0.5, 0.6) is 0 Å². The third-order valence-corrected chi connectivity index (χ3v) is 3.52. The van der Waals surface area contributed by atoms with E-state index in [4.69, 9.17) is 5.11 Å². The number of hydrogen-bond acceptors (Lipinski definition) is 2. The van der Waals surface area contributed by atoms with Gasteiger partial charge < -0.3 is 15.7 Å². The number of para-hydroxylation sites is 1. The quantitative estimate of drug-likeness (QED) is 0.793. The van der Waals surface area contributed by atoms with Gasteiger partial charge in [-0.2, -0.15) is 0 Å². The van der Waals surface area contributed by atoms with E-state index in [0.717, 1.165) is 18.9 Å². The Hall–Kier alpha value is -2.11. The molecule has 1 aliphatic carbocycles. The Labute approximate surface area is 116 Å². The van der Waals surface area contributed by atoms with E-state index in [9.17, 15) is 14.0 Å². The lowest BCUT2D eigenvalue weighted by molar-refractivity contribution is 0.0697. The molecule has 1 aromatic rings. The summed E-state index contributed by atoms with van der Waals surface area (Å²) in [5, 5.41) is 14.0. The van der Waals surface area contributed by atoms with Gasteiger partial charge in [-0.3, -0.25) is 0 Å². The third-order valence-electron chi connectivity index (χ3n) is 3.52. The van der Waals surface area contributed by atoms with Crippen molar-refractivity contribution in [2.45, 2.75) is 32.2 Å². The summed E-state index contributed by atoms with van der Waals surface area (Å²) in [6.07, 6.45) is 2.10. The minimum atomic E-state index is -1.29. The van der Waals surface area contributed by atoms with E-state index in [1.807, 2.05) is 13.8 Å². The maximum absolute atomic E-state index is 13.7. The van der Waals surface area contributed by atoms with Gasteiger partial charge in [-0.05, 0) is 44.7 Å². The first kappa shape index (κ1) is 14.3. The Morgan fingerprint density at radius 1 is 1.35 bits per heavy atom. The molecule has 0 atom stereocenters. The lowest BCUT2D eigenvalue weighted by Crippen LogP contribution is -2.47. The summed E-state index contributed by atoms with van der Waals surface area (Å²) in [6, 6.07) is 3.03. The van der Waals surface area contributed by atoms with E-state index in [0.29, 0.717) is 5.92 Å². The highest BCUT2D eigenvalue weighted by molar-refractivity contribution is 6.00. The second-order valence-electron chi connectivity index (χ2n) is 5.54. The normalized spacial score (nSPS) is 14.8. The molecule has 0 aliphatic heterocycles. The van der Waals surface area contributed by atoms with Gasteiger partial charge in [-0.25, -0.2) is 14.0 Å². The molecule has 3 N–H and O–H groups in total. The molecule has 5 nitrogen and oxygen atoms in total. The van der Waals surface area contributed by atoms with Crippen molar-refractivity contribution >= 4 is 17.7 Å². The molecule has 0 heterocycles. The number of anilines is 1. The lowest BCUT2D eigenvalue weighted by atomic mass is 9.99. The van der Waals surface area contributed by atoms with E-state index in [2.05, 4.69) is 10.6 Å². The highest BCUT2D eigenvalue weighted by atomic mass is 19.1. The monoisotopic (exact) mass is 280 g/mol. The summed E-state index contributed by atoms with van der Waals surface area (Å²) in [5.74, 6) is -1.65. The molecule has 0 spiro atoms. The van der Waals surface area contributed by atoms with Crippen LogP contribution in [-0.2, 0) is 0 Å². The number of rotatable bonds is 4. The molecule has 0 bridgehead atoms. The van der Waals surface area contributed by atoms with E-state index in [1.54, 1.807) is 0 Å². The molecular formula is C14H17FN2O3. The molecule has 108 valence electrons. The number of halogens is 1. The van der Waals surface area contributed by atoms with E-state index in [1.165, 1.54) is 12.1 Å². The minimum Gasteiger partial charge on any atom is -0.478 e. The molecule has 1 fully saturated rings. The van der Waals surface area contributed by atoms with Crippen molar-refractivity contribution in [3.63, 3.8) is 0 Å². The van der Waals surface area contributed by atoms with E-state index < -0.39 is 23.4 Å². The topological polar surface area (TPSA) is 78.4 Å². The summed E-state index contributed by atoms with van der Waals surface area (Å²) < 4.78 is 13.7. The number of carbonyl (C=O) groups is 2. The SMILES string of the molecule is CC(C)(NC(=O)Nc1c(F)cccc1C(=O)O)C1CC1. The van der Waals surface area contributed by atoms with Crippen LogP contribution >= 0.6 is 0 Å². The van der Waals surface area contributed by atoms with Crippen LogP contribution in [0.2, 0.25) is 0 Å². The first-order chi connectivity index (χ1) is 9.31. The molecule has 0 unspecified atom stereocenters. The number of amides is 2. The first-order valence-corrected chi connectivity index (χ1v) is 6.42. The predicted octanol–water partition coefficient (Wildman–Crippen LogP) is 2.83. The van der Waals surface area contributed by atoms with Crippen molar-refractivity contribution in [1.29, 1.82) is 0 Å². The van der Waals surface area contributed by atoms with Gasteiger partial charge in [-0.15, -0.1) is 0 Å². The van der Waals surface area contributed by atoms with Crippen LogP contribution in [0, 0.1) is 11.7 Å². The number of urea groups is 1. The first-order valence-electron chi connectivity index (χ1n) is 6.42. The fraction of sp³-hybridized carbons (Fsp3) is 0.429. The van der Waals surface area contributed by atoms with Gasteiger partial charge in [0.2, 0.25) is 0 Å². The van der Waals surface area contributed by atoms with Gasteiger partial charge in [-0.1, -0.05) is 6.07 Å². The number of carboxylic acids is 1. The molecule has 0 saturated heterocycles. The van der Waals surface area contributed by atoms with Crippen molar-refractivity contribution in [2.75, 3.05) is 5.32 Å². The van der Waals surface area contributed by atoms with Gasteiger partial charge in [0, 0.05) is 5.54 Å². The Morgan fingerprint density at radius 3 is 2.55 bits per heavy atom. The molecule has 6 heteroatoms. The Balaban J connectivity index is 2.13. The van der Waals surface area contributed by atoms with Gasteiger partial charge in [0.15, 0.2) is 0 Å². The predicted molar refractivity (Wildman–Crippen MR) is 72.3 cm³/mol. The van der Waals surface area contributed by atoms with Crippen molar-refractivity contribution in [3.8, 4) is 0 Å². The number of carbonyl (C=O) groups excluding carboxylic acids is 1. The van der Waals surface area contributed by atoms with Gasteiger partial charge in [0.25, 0.3) is 0 Å². The van der Waals surface area contributed by atoms with Crippen LogP contribution in [0.25, 0.3) is 0 Å². The standard InChI is InChI=1S/C14H17FN2O3/c1-14(2,8-6-7-8)17-13(20)16-11-9(12(18)19)4-3-5-10(11)15/h3-5,8H,6-7H2,1-2H3,(H,18,19)(H2,16,17,20). The van der Waals surface area contributed by atoms with Crippen molar-refractivity contribution in [3.05, 3.63) is 29.6 Å². The number of nitrogens with one attached hydrogen (secondary N) is 2. The molecular weight excluding hydrogens is 263 g/mol. The summed E-state index contributed by atoms with van der Waals surface area (Å²) >= 11 is 0. The van der Waals surface area contributed by atoms with Crippen molar-refractivity contribution in [2.24, 2.45) is 5.92 Å². The third kappa shape index (κ3) is 3.07. The van der Waals surface area contributed by atoms with Crippen LogP contribution in [-0.4, -0.2) is 22.6 Å². The highest BCUT2D eigenvalue weighted by Crippen LogP contribution is 2.39. The zero-order valence-corrected chi connectivity index (χ0v) is 11.4. The molecule has 1 aromatic carbocycles. The van der Waals surface area contributed by atoms with Crippen LogP contribution in [0.1, 0.15) is 37.0 Å². The fourth-order valence-corrected chi connectivity index (χ4v) is 2.17. The Morgan fingerprint density at radius 2 is 2.00 bits per heavy atom. The number of carboxylic acid groups (broad SMARTS) is 1. The molecule has 1 saturated carbocycles. The average molecular weight is 280 g/mol. The maximum Gasteiger partial charge on any atom is 0.337 e. The molecule has 0 aromatic heterocycles. The Bertz CT molecular complexity index is 553. The smallest absolute Gasteiger partial charge is 0.337 e. The number of hydrogen-bond donors (Lipinski definition) is 3. The lowest BCUT2D eigenvalue weighted by Gasteiger charge is -2.26. The number of aromatic carboxylic acids is 1. The van der Waals surface area contributed by atoms with Gasteiger partial charge in [0.1, 0.15) is 5.82 Å². The Kier molecular flexibility index (Phi) is 3.65. The maximum atomic E-state index is 13.7. The largest absolute Gasteiger partial charge is 0.478 e. The summed E-state index contributed by atoms with van der Waals surface area (Å²) in [7, 11) is 0. The van der Waals surface area contributed by atoms with E-state index >= 15 is 0 Å². The van der Waals surface area contributed by atoms with Crippen molar-refractivity contribution in [1.82, 2.24) is 5.32 Å². The zero-order valence-electron chi connectivity index (χ0n) is 11.4. The van der Waals surface area contributed by atoms with Gasteiger partial charge in [0.05, 0.1) is 11.3 Å². The van der Waals surface area contributed by atoms with E-state index in [-0.39, 0.29) is 11.3 Å². The van der Waals surface area contributed by atoms with Gasteiger partial charge >= 0.3 is 12.0 Å². The van der Waals surface area contributed by atoms with Crippen molar-refractivity contribution < 1.29 is 19.1 Å². The van der Waals surface area contributed by atoms with Crippen LogP contribution in [0.3, 0.4) is 0 Å². The molecule has 2 amide bonds. The molecule has 2 rings (SSSR count). The second-order valence-corrected chi connectivity index (χ2v) is 5.54. The summed E-state index contributed by atoms with van der Waals surface area (Å²) in [6.45, 7) is 3.79. The average Bonchev–Trinajstić information content (AvgIpc) is 3.14. The molecule has 20 heavy (non-hydrogen) atoms. The van der Waals surface area contributed by atoms with Crippen LogP contribution in [0.15, 0.2) is 18.2 Å². The number of benzene rings is 1. The van der Waals surface area contributed by atoms with Crippen LogP contribution in [0.4, 0.5) is 14.9 Å². The molecule has 1 aliphatic rings. The molecule has 0 radical (unpaired) electrons. The highest BCUT2D eigenvalue weighted by Gasteiger charge is 2.38. The summed E-state index contributed by atoms with van der Waals surface area (Å²) in [5.41, 5.74) is -0.980. The minimum absolute atomic E-state index is 0.274. The summed E-state index contributed by atoms with van der Waals surface area (Å²) in [4.78, 5) is 22.9. The second kappa shape index (κ2) is 5.11. The van der Waals surface area contributed by atoms with Crippen LogP contribution < -0.4 is 10.6 Å². The fourth-order valence-electron chi connectivity index (χ4n) is 2.17. The zero-order chi connectivity index (χ0) is 14.9.